The summed E-state index contributed by atoms with van der Waals surface area (Å²) in [6.45, 7) is 0. The van der Waals surface area contributed by atoms with E-state index in [2.05, 4.69) is 9.97 Å². The minimum absolute atomic E-state index is 0.824. The van der Waals surface area contributed by atoms with E-state index in [1.54, 1.807) is 13.3 Å². The van der Waals surface area contributed by atoms with Crippen LogP contribution in [-0.2, 0) is 7.05 Å². The van der Waals surface area contributed by atoms with E-state index < -0.39 is 0 Å². The fraction of sp³-hybridized carbons (Fsp3) is 0.143. The third kappa shape index (κ3) is 1.54. The molecule has 0 spiro atoms. The van der Waals surface area contributed by atoms with Crippen molar-refractivity contribution < 1.29 is 4.74 Å². The van der Waals surface area contributed by atoms with Crippen LogP contribution in [0.25, 0.3) is 22.6 Å². The van der Waals surface area contributed by atoms with Crippen molar-refractivity contribution in [3.63, 3.8) is 0 Å². The van der Waals surface area contributed by atoms with Gasteiger partial charge in [0, 0.05) is 13.2 Å². The molecule has 0 bridgehead atoms. The van der Waals surface area contributed by atoms with E-state index in [-0.39, 0.29) is 0 Å². The van der Waals surface area contributed by atoms with Crippen LogP contribution in [0.1, 0.15) is 0 Å². The van der Waals surface area contributed by atoms with Gasteiger partial charge in [-0.1, -0.05) is 12.1 Å². The van der Waals surface area contributed by atoms with Crippen molar-refractivity contribution in [2.24, 2.45) is 7.05 Å². The fourth-order valence-electron chi connectivity index (χ4n) is 2.12. The summed E-state index contributed by atoms with van der Waals surface area (Å²) in [5, 5.41) is 0. The summed E-state index contributed by atoms with van der Waals surface area (Å²) in [7, 11) is 3.64. The Morgan fingerprint density at radius 3 is 2.72 bits per heavy atom. The first-order valence-electron chi connectivity index (χ1n) is 5.72. The fourth-order valence-corrected chi connectivity index (χ4v) is 2.12. The molecule has 0 N–H and O–H groups in total. The zero-order chi connectivity index (χ0) is 12.5. The number of aryl methyl sites for hydroxylation is 1. The molecule has 2 heterocycles. The van der Waals surface area contributed by atoms with Crippen LogP contribution in [0.5, 0.6) is 5.75 Å². The highest BCUT2D eigenvalue weighted by Crippen LogP contribution is 2.28. The summed E-state index contributed by atoms with van der Waals surface area (Å²) in [4.78, 5) is 8.95. The quantitative estimate of drug-likeness (QED) is 0.690. The molecule has 4 nitrogen and oxygen atoms in total. The molecule has 3 rings (SSSR count). The number of rotatable bonds is 2. The molecule has 0 atom stereocenters. The van der Waals surface area contributed by atoms with Crippen molar-refractivity contribution in [3.8, 4) is 17.3 Å². The molecule has 18 heavy (non-hydrogen) atoms. The molecule has 0 radical (unpaired) electrons. The maximum Gasteiger partial charge on any atom is 0.159 e. The van der Waals surface area contributed by atoms with Gasteiger partial charge in [-0.3, -0.25) is 4.98 Å². The van der Waals surface area contributed by atoms with Crippen molar-refractivity contribution in [1.29, 1.82) is 0 Å². The predicted octanol–water partition coefficient (Wildman–Crippen LogP) is 2.64. The van der Waals surface area contributed by atoms with Crippen molar-refractivity contribution in [3.05, 3.63) is 42.6 Å². The Kier molecular flexibility index (Phi) is 2.48. The minimum atomic E-state index is 0.824. The van der Waals surface area contributed by atoms with Gasteiger partial charge in [-0.25, -0.2) is 4.98 Å². The van der Waals surface area contributed by atoms with Gasteiger partial charge < -0.3 is 9.30 Å². The molecule has 0 aliphatic rings. The number of fused-ring (bicyclic) bond motifs is 1. The lowest BCUT2D eigenvalue weighted by Crippen LogP contribution is -1.95. The molecule has 0 saturated heterocycles. The number of para-hydroxylation sites is 1. The first-order valence-corrected chi connectivity index (χ1v) is 5.72. The van der Waals surface area contributed by atoms with Crippen LogP contribution in [0.4, 0.5) is 0 Å². The molecule has 2 aromatic heterocycles. The normalized spacial score (nSPS) is 10.8. The van der Waals surface area contributed by atoms with Gasteiger partial charge in [-0.15, -0.1) is 0 Å². The van der Waals surface area contributed by atoms with E-state index >= 15 is 0 Å². The molecule has 0 aliphatic carbocycles. The van der Waals surface area contributed by atoms with Crippen molar-refractivity contribution in [1.82, 2.24) is 14.5 Å². The third-order valence-corrected chi connectivity index (χ3v) is 2.97. The summed E-state index contributed by atoms with van der Waals surface area (Å²) >= 11 is 0. The first kappa shape index (κ1) is 10.8. The summed E-state index contributed by atoms with van der Waals surface area (Å²) < 4.78 is 7.39. The van der Waals surface area contributed by atoms with Crippen molar-refractivity contribution in [2.45, 2.75) is 0 Å². The van der Waals surface area contributed by atoms with Gasteiger partial charge >= 0.3 is 0 Å². The van der Waals surface area contributed by atoms with Gasteiger partial charge in [0.2, 0.25) is 0 Å². The van der Waals surface area contributed by atoms with Gasteiger partial charge in [-0.2, -0.15) is 0 Å². The topological polar surface area (TPSA) is 39.9 Å². The molecule has 0 aliphatic heterocycles. The number of nitrogens with zero attached hydrogens (tertiary/aromatic N) is 3. The first-order chi connectivity index (χ1) is 8.81. The Balaban J connectivity index is 2.30. The van der Waals surface area contributed by atoms with Crippen LogP contribution < -0.4 is 4.74 Å². The van der Waals surface area contributed by atoms with E-state index in [0.29, 0.717) is 0 Å². The standard InChI is InChI=1S/C14H13N3O/c1-17-13-10(7-5-8-12(13)18-2)16-14(17)11-6-3-4-9-15-11/h3-9H,1-2H3. The van der Waals surface area contributed by atoms with Crippen LogP contribution in [0.3, 0.4) is 0 Å². The second-order valence-electron chi connectivity index (χ2n) is 4.04. The number of imidazole rings is 1. The Morgan fingerprint density at radius 1 is 1.11 bits per heavy atom. The van der Waals surface area contributed by atoms with E-state index in [4.69, 9.17) is 4.74 Å². The number of aromatic nitrogens is 3. The second-order valence-corrected chi connectivity index (χ2v) is 4.04. The Hall–Kier alpha value is -2.36. The van der Waals surface area contributed by atoms with Gasteiger partial charge in [-0.05, 0) is 24.3 Å². The van der Waals surface area contributed by atoms with Crippen molar-refractivity contribution >= 4 is 11.0 Å². The molecule has 3 aromatic rings. The number of hydrogen-bond donors (Lipinski definition) is 0. The smallest absolute Gasteiger partial charge is 0.159 e. The molecular formula is C14H13N3O. The Labute approximate surface area is 105 Å². The van der Waals surface area contributed by atoms with E-state index in [9.17, 15) is 0 Å². The summed E-state index contributed by atoms with van der Waals surface area (Å²) in [6, 6.07) is 11.7. The second kappa shape index (κ2) is 4.14. The lowest BCUT2D eigenvalue weighted by atomic mass is 10.3. The van der Waals surface area contributed by atoms with Gasteiger partial charge in [0.05, 0.1) is 12.6 Å². The Bertz CT molecular complexity index is 689. The van der Waals surface area contributed by atoms with Crippen LogP contribution in [0, 0.1) is 0 Å². The molecule has 0 fully saturated rings. The summed E-state index contributed by atoms with van der Waals surface area (Å²) in [5.41, 5.74) is 2.76. The highest BCUT2D eigenvalue weighted by atomic mass is 16.5. The molecule has 90 valence electrons. The monoisotopic (exact) mass is 239 g/mol. The number of methoxy groups -OCH3 is 1. The Morgan fingerprint density at radius 2 is 2.00 bits per heavy atom. The van der Waals surface area contributed by atoms with E-state index in [1.165, 1.54) is 0 Å². The van der Waals surface area contributed by atoms with Crippen LogP contribution in [0.2, 0.25) is 0 Å². The number of pyridine rings is 1. The molecule has 0 unspecified atom stereocenters. The van der Waals surface area contributed by atoms with Crippen molar-refractivity contribution in [2.75, 3.05) is 7.11 Å². The van der Waals surface area contributed by atoms with E-state index in [0.717, 1.165) is 28.3 Å². The molecule has 4 heteroatoms. The number of benzene rings is 1. The van der Waals surface area contributed by atoms with Gasteiger partial charge in [0.15, 0.2) is 5.82 Å². The number of hydrogen-bond acceptors (Lipinski definition) is 3. The lowest BCUT2D eigenvalue weighted by Gasteiger charge is -2.04. The minimum Gasteiger partial charge on any atom is -0.494 e. The zero-order valence-corrected chi connectivity index (χ0v) is 10.3. The number of ether oxygens (including phenoxy) is 1. The highest BCUT2D eigenvalue weighted by molar-refractivity contribution is 5.85. The van der Waals surface area contributed by atoms with Crippen LogP contribution in [0.15, 0.2) is 42.6 Å². The summed E-state index contributed by atoms with van der Waals surface area (Å²) in [5.74, 6) is 1.67. The molecule has 0 saturated carbocycles. The molecule has 1 aromatic carbocycles. The van der Waals surface area contributed by atoms with Crippen LogP contribution in [-0.4, -0.2) is 21.6 Å². The SMILES string of the molecule is COc1cccc2nc(-c3ccccn3)n(C)c12. The lowest BCUT2D eigenvalue weighted by molar-refractivity contribution is 0.418. The van der Waals surface area contributed by atoms with Gasteiger partial charge in [0.25, 0.3) is 0 Å². The molecule has 0 amide bonds. The maximum absolute atomic E-state index is 5.38. The highest BCUT2D eigenvalue weighted by Gasteiger charge is 2.13. The molecular weight excluding hydrogens is 226 g/mol. The average Bonchev–Trinajstić information content (AvgIpc) is 2.77. The maximum atomic E-state index is 5.38. The predicted molar refractivity (Wildman–Crippen MR) is 70.5 cm³/mol. The van der Waals surface area contributed by atoms with E-state index in [1.807, 2.05) is 48.0 Å². The van der Waals surface area contributed by atoms with Crippen LogP contribution >= 0.6 is 0 Å². The average molecular weight is 239 g/mol. The third-order valence-electron chi connectivity index (χ3n) is 2.97. The largest absolute Gasteiger partial charge is 0.494 e. The summed E-state index contributed by atoms with van der Waals surface area (Å²) in [6.07, 6.45) is 1.77. The van der Waals surface area contributed by atoms with Gasteiger partial charge in [0.1, 0.15) is 17.0 Å². The zero-order valence-electron chi connectivity index (χ0n) is 10.3.